The molecular weight excluding hydrogens is 346 g/mol. The highest BCUT2D eigenvalue weighted by Gasteiger charge is 2.11. The van der Waals surface area contributed by atoms with Crippen molar-refractivity contribution in [2.45, 2.75) is 0 Å². The number of carbonyl (C=O) groups is 2. The molecule has 0 aliphatic heterocycles. The van der Waals surface area contributed by atoms with Crippen LogP contribution in [0.5, 0.6) is 0 Å². The first-order valence-electron chi connectivity index (χ1n) is 5.57. The van der Waals surface area contributed by atoms with Crippen molar-refractivity contribution < 1.29 is 14.7 Å². The second kappa shape index (κ2) is 6.07. The number of carboxylic acid groups (broad SMARTS) is 1. The summed E-state index contributed by atoms with van der Waals surface area (Å²) < 4.78 is 0.861. The molecule has 6 heteroatoms. The molecule has 0 atom stereocenters. The third-order valence-electron chi connectivity index (χ3n) is 2.57. The number of benzene rings is 2. The van der Waals surface area contributed by atoms with Crippen molar-refractivity contribution in [1.82, 2.24) is 0 Å². The number of carboxylic acids is 1. The molecule has 0 fully saturated rings. The Morgan fingerprint density at radius 1 is 1.05 bits per heavy atom. The Kier molecular flexibility index (Phi) is 4.42. The van der Waals surface area contributed by atoms with Gasteiger partial charge in [0.25, 0.3) is 5.91 Å². The first-order chi connectivity index (χ1) is 9.47. The third-order valence-corrected chi connectivity index (χ3v) is 3.43. The van der Waals surface area contributed by atoms with Crippen LogP contribution in [0.3, 0.4) is 0 Å². The maximum absolute atomic E-state index is 12.0. The summed E-state index contributed by atoms with van der Waals surface area (Å²) in [5.74, 6) is -1.44. The number of hydrogen-bond acceptors (Lipinski definition) is 2. The van der Waals surface area contributed by atoms with Gasteiger partial charge in [-0.25, -0.2) is 4.79 Å². The lowest BCUT2D eigenvalue weighted by Crippen LogP contribution is -2.12. The van der Waals surface area contributed by atoms with Crippen molar-refractivity contribution in [2.75, 3.05) is 5.32 Å². The molecule has 0 aliphatic rings. The minimum Gasteiger partial charge on any atom is -0.478 e. The highest BCUT2D eigenvalue weighted by atomic mass is 79.9. The quantitative estimate of drug-likeness (QED) is 0.874. The molecule has 2 rings (SSSR count). The van der Waals surface area contributed by atoms with Crippen molar-refractivity contribution >= 4 is 45.1 Å². The summed E-state index contributed by atoms with van der Waals surface area (Å²) in [4.78, 5) is 22.9. The molecule has 0 saturated heterocycles. The zero-order valence-corrected chi connectivity index (χ0v) is 12.4. The molecule has 0 heterocycles. The van der Waals surface area contributed by atoms with Gasteiger partial charge in [0.05, 0.1) is 16.3 Å². The minimum atomic E-state index is -1.08. The average molecular weight is 355 g/mol. The molecule has 2 aromatic carbocycles. The number of rotatable bonds is 3. The second-order valence-corrected chi connectivity index (χ2v) is 5.28. The molecule has 0 aromatic heterocycles. The van der Waals surface area contributed by atoms with E-state index >= 15 is 0 Å². The zero-order chi connectivity index (χ0) is 14.7. The van der Waals surface area contributed by atoms with Crippen molar-refractivity contribution in [3.63, 3.8) is 0 Å². The van der Waals surface area contributed by atoms with Gasteiger partial charge in [0.2, 0.25) is 0 Å². The predicted octanol–water partition coefficient (Wildman–Crippen LogP) is 4.05. The van der Waals surface area contributed by atoms with Crippen molar-refractivity contribution in [3.8, 4) is 0 Å². The lowest BCUT2D eigenvalue weighted by Gasteiger charge is -2.08. The molecule has 20 heavy (non-hydrogen) atoms. The van der Waals surface area contributed by atoms with Gasteiger partial charge in [0, 0.05) is 10.0 Å². The predicted molar refractivity (Wildman–Crippen MR) is 80.5 cm³/mol. The van der Waals surface area contributed by atoms with E-state index in [1.807, 2.05) is 0 Å². The summed E-state index contributed by atoms with van der Waals surface area (Å²) in [6.45, 7) is 0. The van der Waals surface area contributed by atoms with Gasteiger partial charge in [-0.05, 0) is 42.5 Å². The van der Waals surface area contributed by atoms with Crippen LogP contribution in [0.2, 0.25) is 5.02 Å². The zero-order valence-electron chi connectivity index (χ0n) is 10.1. The number of amides is 1. The van der Waals surface area contributed by atoms with E-state index in [0.717, 1.165) is 4.47 Å². The number of halogens is 2. The van der Waals surface area contributed by atoms with E-state index in [1.165, 1.54) is 18.2 Å². The highest BCUT2D eigenvalue weighted by Crippen LogP contribution is 2.24. The molecule has 0 bridgehead atoms. The Hall–Kier alpha value is -1.85. The first-order valence-corrected chi connectivity index (χ1v) is 6.74. The lowest BCUT2D eigenvalue weighted by molar-refractivity contribution is 0.0696. The van der Waals surface area contributed by atoms with Gasteiger partial charge in [0.15, 0.2) is 0 Å². The summed E-state index contributed by atoms with van der Waals surface area (Å²) >= 11 is 9.22. The molecule has 2 aromatic rings. The van der Waals surface area contributed by atoms with Gasteiger partial charge in [-0.1, -0.05) is 27.5 Å². The van der Waals surface area contributed by atoms with Crippen LogP contribution in [0.15, 0.2) is 46.9 Å². The van der Waals surface area contributed by atoms with Gasteiger partial charge in [-0.3, -0.25) is 4.79 Å². The van der Waals surface area contributed by atoms with Crippen LogP contribution in [-0.2, 0) is 0 Å². The maximum atomic E-state index is 12.0. The fourth-order valence-corrected chi connectivity index (χ4v) is 1.98. The Morgan fingerprint density at radius 3 is 2.25 bits per heavy atom. The molecule has 0 spiro atoms. The smallest absolute Gasteiger partial charge is 0.335 e. The van der Waals surface area contributed by atoms with E-state index < -0.39 is 5.97 Å². The van der Waals surface area contributed by atoms with E-state index in [4.69, 9.17) is 16.7 Å². The molecular formula is C14H9BrClNO3. The van der Waals surface area contributed by atoms with Crippen molar-refractivity contribution in [1.29, 1.82) is 0 Å². The molecule has 0 aliphatic carbocycles. The summed E-state index contributed by atoms with van der Waals surface area (Å²) in [5, 5.41) is 11.8. The summed E-state index contributed by atoms with van der Waals surface area (Å²) in [6, 6.07) is 10.9. The second-order valence-electron chi connectivity index (χ2n) is 3.96. The minimum absolute atomic E-state index is 0.0560. The van der Waals surface area contributed by atoms with Crippen LogP contribution in [0, 0.1) is 0 Å². The average Bonchev–Trinajstić information content (AvgIpc) is 2.41. The van der Waals surface area contributed by atoms with Gasteiger partial charge in [0.1, 0.15) is 0 Å². The Morgan fingerprint density at radius 2 is 1.65 bits per heavy atom. The van der Waals surface area contributed by atoms with E-state index in [9.17, 15) is 9.59 Å². The molecule has 4 nitrogen and oxygen atoms in total. The van der Waals surface area contributed by atoms with Gasteiger partial charge in [-0.2, -0.15) is 0 Å². The van der Waals surface area contributed by atoms with Crippen LogP contribution >= 0.6 is 27.5 Å². The van der Waals surface area contributed by atoms with Crippen LogP contribution in [0.25, 0.3) is 0 Å². The molecule has 0 unspecified atom stereocenters. The number of hydrogen-bond donors (Lipinski definition) is 2. The molecule has 0 saturated carbocycles. The van der Waals surface area contributed by atoms with Crippen LogP contribution < -0.4 is 5.32 Å². The third kappa shape index (κ3) is 3.37. The summed E-state index contributed by atoms with van der Waals surface area (Å²) in [7, 11) is 0. The molecule has 1 amide bonds. The fourth-order valence-electron chi connectivity index (χ4n) is 1.55. The summed E-state index contributed by atoms with van der Waals surface area (Å²) in [6.07, 6.45) is 0. The maximum Gasteiger partial charge on any atom is 0.335 e. The van der Waals surface area contributed by atoms with Crippen LogP contribution in [0.1, 0.15) is 20.7 Å². The van der Waals surface area contributed by atoms with Crippen LogP contribution in [-0.4, -0.2) is 17.0 Å². The van der Waals surface area contributed by atoms with E-state index in [2.05, 4.69) is 21.2 Å². The van der Waals surface area contributed by atoms with Crippen molar-refractivity contribution in [3.05, 3.63) is 63.1 Å². The fraction of sp³-hybridized carbons (Fsp3) is 0. The largest absolute Gasteiger partial charge is 0.478 e. The Balaban J connectivity index is 2.25. The normalized spacial score (nSPS) is 10.1. The SMILES string of the molecule is O=C(O)c1ccc(Cl)c(NC(=O)c2ccc(Br)cc2)c1. The standard InChI is InChI=1S/C14H9BrClNO3/c15-10-4-1-8(2-5-10)13(18)17-12-7-9(14(19)20)3-6-11(12)16/h1-7H,(H,17,18)(H,19,20). The summed E-state index contributed by atoms with van der Waals surface area (Å²) in [5.41, 5.74) is 0.769. The van der Waals surface area contributed by atoms with E-state index in [1.54, 1.807) is 24.3 Å². The molecule has 0 radical (unpaired) electrons. The number of nitrogens with one attached hydrogen (secondary N) is 1. The van der Waals surface area contributed by atoms with Gasteiger partial charge >= 0.3 is 5.97 Å². The van der Waals surface area contributed by atoms with E-state index in [-0.39, 0.29) is 22.2 Å². The topological polar surface area (TPSA) is 66.4 Å². The number of anilines is 1. The molecule has 2 N–H and O–H groups in total. The van der Waals surface area contributed by atoms with Gasteiger partial charge < -0.3 is 10.4 Å². The van der Waals surface area contributed by atoms with Crippen LogP contribution in [0.4, 0.5) is 5.69 Å². The van der Waals surface area contributed by atoms with Gasteiger partial charge in [-0.15, -0.1) is 0 Å². The molecule has 102 valence electrons. The first kappa shape index (κ1) is 14.6. The monoisotopic (exact) mass is 353 g/mol. The number of carbonyl (C=O) groups excluding carboxylic acids is 1. The highest BCUT2D eigenvalue weighted by molar-refractivity contribution is 9.10. The van der Waals surface area contributed by atoms with E-state index in [0.29, 0.717) is 5.56 Å². The van der Waals surface area contributed by atoms with Crippen molar-refractivity contribution in [2.24, 2.45) is 0 Å². The number of aromatic carboxylic acids is 1. The Bertz CT molecular complexity index is 671. The Labute approximate surface area is 128 Å². The lowest BCUT2D eigenvalue weighted by atomic mass is 10.1.